The summed E-state index contributed by atoms with van der Waals surface area (Å²) in [7, 11) is 0. The molecule has 2 rings (SSSR count). The molecule has 0 amide bonds. The van der Waals surface area contributed by atoms with Gasteiger partial charge in [-0.05, 0) is 49.2 Å². The van der Waals surface area contributed by atoms with Gasteiger partial charge >= 0.3 is 0 Å². The van der Waals surface area contributed by atoms with Gasteiger partial charge in [-0.1, -0.05) is 23.8 Å². The van der Waals surface area contributed by atoms with Gasteiger partial charge in [0.2, 0.25) is 0 Å². The van der Waals surface area contributed by atoms with Crippen molar-refractivity contribution in [2.45, 2.75) is 24.8 Å². The van der Waals surface area contributed by atoms with E-state index in [1.54, 1.807) is 23.9 Å². The Morgan fingerprint density at radius 1 is 1.15 bits per heavy atom. The van der Waals surface area contributed by atoms with E-state index in [1.165, 1.54) is 28.8 Å². The third-order valence-corrected chi connectivity index (χ3v) is 4.34. The number of halogens is 1. The quantitative estimate of drug-likeness (QED) is 0.500. The van der Waals surface area contributed by atoms with E-state index in [9.17, 15) is 4.39 Å². The standard InChI is InChI=1S/C16H19FN2S/c1-11-3-8-15(12(2)9-11)16(19-18)10-20-14-6-4-13(17)5-7-14/h3-9,16,19H,10,18H2,1-2H3. The molecule has 1 unspecified atom stereocenters. The smallest absolute Gasteiger partial charge is 0.123 e. The van der Waals surface area contributed by atoms with Gasteiger partial charge in [0.05, 0.1) is 6.04 Å². The minimum Gasteiger partial charge on any atom is -0.271 e. The average Bonchev–Trinajstić information content (AvgIpc) is 2.43. The van der Waals surface area contributed by atoms with Gasteiger partial charge in [0.15, 0.2) is 0 Å². The van der Waals surface area contributed by atoms with Gasteiger partial charge in [0, 0.05) is 10.6 Å². The van der Waals surface area contributed by atoms with E-state index in [2.05, 4.69) is 37.5 Å². The van der Waals surface area contributed by atoms with Crippen LogP contribution in [0, 0.1) is 19.7 Å². The van der Waals surface area contributed by atoms with E-state index in [1.807, 2.05) is 0 Å². The normalized spacial score (nSPS) is 12.4. The topological polar surface area (TPSA) is 38.0 Å². The van der Waals surface area contributed by atoms with Gasteiger partial charge < -0.3 is 0 Å². The summed E-state index contributed by atoms with van der Waals surface area (Å²) in [4.78, 5) is 1.04. The van der Waals surface area contributed by atoms with Crippen molar-refractivity contribution in [2.75, 3.05) is 5.75 Å². The van der Waals surface area contributed by atoms with Crippen molar-refractivity contribution >= 4 is 11.8 Å². The second kappa shape index (κ2) is 6.88. The Morgan fingerprint density at radius 2 is 1.85 bits per heavy atom. The lowest BCUT2D eigenvalue weighted by molar-refractivity contribution is 0.607. The first-order chi connectivity index (χ1) is 9.60. The summed E-state index contributed by atoms with van der Waals surface area (Å²) in [6.45, 7) is 4.17. The zero-order chi connectivity index (χ0) is 14.5. The summed E-state index contributed by atoms with van der Waals surface area (Å²) in [6, 6.07) is 13.0. The number of hydrogen-bond acceptors (Lipinski definition) is 3. The molecule has 2 aromatic carbocycles. The summed E-state index contributed by atoms with van der Waals surface area (Å²) in [5, 5.41) is 0. The fraction of sp³-hybridized carbons (Fsp3) is 0.250. The highest BCUT2D eigenvalue weighted by Crippen LogP contribution is 2.26. The number of rotatable bonds is 5. The van der Waals surface area contributed by atoms with Crippen LogP contribution in [0.2, 0.25) is 0 Å². The molecule has 4 heteroatoms. The van der Waals surface area contributed by atoms with Gasteiger partial charge in [0.1, 0.15) is 5.82 Å². The molecule has 2 nitrogen and oxygen atoms in total. The molecular formula is C16H19FN2S. The van der Waals surface area contributed by atoms with Crippen LogP contribution < -0.4 is 11.3 Å². The molecule has 0 aliphatic carbocycles. The maximum atomic E-state index is 12.9. The summed E-state index contributed by atoms with van der Waals surface area (Å²) in [6.07, 6.45) is 0. The summed E-state index contributed by atoms with van der Waals surface area (Å²) in [5.74, 6) is 6.26. The fourth-order valence-electron chi connectivity index (χ4n) is 2.15. The first-order valence-electron chi connectivity index (χ1n) is 6.52. The van der Waals surface area contributed by atoms with E-state index >= 15 is 0 Å². The first-order valence-corrected chi connectivity index (χ1v) is 7.50. The third kappa shape index (κ3) is 3.82. The molecule has 0 fully saturated rings. The zero-order valence-corrected chi connectivity index (χ0v) is 12.5. The van der Waals surface area contributed by atoms with Gasteiger partial charge in [-0.3, -0.25) is 11.3 Å². The molecule has 0 spiro atoms. The molecular weight excluding hydrogens is 271 g/mol. The lowest BCUT2D eigenvalue weighted by Gasteiger charge is -2.18. The largest absolute Gasteiger partial charge is 0.271 e. The Kier molecular flexibility index (Phi) is 5.17. The van der Waals surface area contributed by atoms with E-state index in [0.29, 0.717) is 0 Å². The maximum absolute atomic E-state index is 12.9. The predicted molar refractivity (Wildman–Crippen MR) is 83.1 cm³/mol. The number of benzene rings is 2. The number of thioether (sulfide) groups is 1. The van der Waals surface area contributed by atoms with Gasteiger partial charge in [-0.2, -0.15) is 0 Å². The van der Waals surface area contributed by atoms with Crippen LogP contribution in [0.15, 0.2) is 47.4 Å². The molecule has 0 aliphatic heterocycles. The molecule has 20 heavy (non-hydrogen) atoms. The van der Waals surface area contributed by atoms with Crippen LogP contribution in [0.3, 0.4) is 0 Å². The number of hydrogen-bond donors (Lipinski definition) is 2. The van der Waals surface area contributed by atoms with Crippen LogP contribution in [0.5, 0.6) is 0 Å². The summed E-state index contributed by atoms with van der Waals surface area (Å²) in [5.41, 5.74) is 6.54. The Balaban J connectivity index is 2.07. The Morgan fingerprint density at radius 3 is 2.45 bits per heavy atom. The first kappa shape index (κ1) is 15.0. The molecule has 0 saturated carbocycles. The highest BCUT2D eigenvalue weighted by molar-refractivity contribution is 7.99. The van der Waals surface area contributed by atoms with E-state index in [4.69, 9.17) is 5.84 Å². The van der Waals surface area contributed by atoms with Crippen LogP contribution in [0.4, 0.5) is 4.39 Å². The van der Waals surface area contributed by atoms with E-state index in [-0.39, 0.29) is 11.9 Å². The fourth-order valence-corrected chi connectivity index (χ4v) is 3.12. The van der Waals surface area contributed by atoms with Crippen molar-refractivity contribution in [2.24, 2.45) is 5.84 Å². The van der Waals surface area contributed by atoms with E-state index in [0.717, 1.165) is 10.6 Å². The monoisotopic (exact) mass is 290 g/mol. The SMILES string of the molecule is Cc1ccc(C(CSc2ccc(F)cc2)NN)c(C)c1. The van der Waals surface area contributed by atoms with Crippen molar-refractivity contribution in [1.29, 1.82) is 0 Å². The second-order valence-corrected chi connectivity index (χ2v) is 5.94. The molecule has 3 N–H and O–H groups in total. The van der Waals surface area contributed by atoms with Crippen molar-refractivity contribution in [3.8, 4) is 0 Å². The average molecular weight is 290 g/mol. The minimum absolute atomic E-state index is 0.0747. The third-order valence-electron chi connectivity index (χ3n) is 3.23. The van der Waals surface area contributed by atoms with E-state index < -0.39 is 0 Å². The van der Waals surface area contributed by atoms with Gasteiger partial charge in [-0.15, -0.1) is 11.8 Å². The molecule has 0 aromatic heterocycles. The lowest BCUT2D eigenvalue weighted by Crippen LogP contribution is -2.30. The van der Waals surface area contributed by atoms with Gasteiger partial charge in [0.25, 0.3) is 0 Å². The second-order valence-electron chi connectivity index (χ2n) is 4.84. The van der Waals surface area contributed by atoms with Gasteiger partial charge in [-0.25, -0.2) is 4.39 Å². The molecule has 0 radical (unpaired) electrons. The van der Waals surface area contributed by atoms with Crippen molar-refractivity contribution in [1.82, 2.24) is 5.43 Å². The lowest BCUT2D eigenvalue weighted by atomic mass is 10.0. The number of hydrazine groups is 1. The molecule has 2 aromatic rings. The molecule has 0 bridgehead atoms. The Labute approximate surface area is 123 Å². The van der Waals surface area contributed by atoms with Crippen LogP contribution in [-0.4, -0.2) is 5.75 Å². The molecule has 0 aliphatic rings. The van der Waals surface area contributed by atoms with Crippen LogP contribution in [0.25, 0.3) is 0 Å². The predicted octanol–water partition coefficient (Wildman–Crippen LogP) is 3.74. The van der Waals surface area contributed by atoms with Crippen LogP contribution in [-0.2, 0) is 0 Å². The highest BCUT2D eigenvalue weighted by Gasteiger charge is 2.12. The molecule has 1 atom stereocenters. The summed E-state index contributed by atoms with van der Waals surface area (Å²) < 4.78 is 12.9. The highest BCUT2D eigenvalue weighted by atomic mass is 32.2. The number of aryl methyl sites for hydroxylation is 2. The Bertz CT molecular complexity index is 569. The van der Waals surface area contributed by atoms with Crippen molar-refractivity contribution < 1.29 is 4.39 Å². The van der Waals surface area contributed by atoms with Crippen LogP contribution >= 0.6 is 11.8 Å². The zero-order valence-electron chi connectivity index (χ0n) is 11.7. The number of nitrogens with two attached hydrogens (primary N) is 1. The van der Waals surface area contributed by atoms with Crippen molar-refractivity contribution in [3.05, 3.63) is 65.0 Å². The van der Waals surface area contributed by atoms with Crippen molar-refractivity contribution in [3.63, 3.8) is 0 Å². The van der Waals surface area contributed by atoms with Crippen LogP contribution in [0.1, 0.15) is 22.7 Å². The summed E-state index contributed by atoms with van der Waals surface area (Å²) >= 11 is 1.66. The minimum atomic E-state index is -0.211. The molecule has 0 saturated heterocycles. The molecule has 106 valence electrons. The maximum Gasteiger partial charge on any atom is 0.123 e. The molecule has 0 heterocycles. The number of nitrogens with one attached hydrogen (secondary N) is 1. The Hall–Kier alpha value is -1.36.